The first-order valence-corrected chi connectivity index (χ1v) is 5.86. The maximum absolute atomic E-state index is 9.63. The SMILES string of the molecule is CCOc1cc(CCS)cc(Br)c1O. The number of benzene rings is 1. The molecule has 0 bridgehead atoms. The first kappa shape index (κ1) is 11.7. The van der Waals surface area contributed by atoms with Gasteiger partial charge in [-0.15, -0.1) is 0 Å². The molecule has 0 fully saturated rings. The third kappa shape index (κ3) is 2.82. The van der Waals surface area contributed by atoms with E-state index in [4.69, 9.17) is 4.74 Å². The van der Waals surface area contributed by atoms with Crippen molar-refractivity contribution in [2.75, 3.05) is 12.4 Å². The fourth-order valence-corrected chi connectivity index (χ4v) is 1.91. The molecule has 0 aliphatic carbocycles. The topological polar surface area (TPSA) is 29.5 Å². The summed E-state index contributed by atoms with van der Waals surface area (Å²) in [5, 5.41) is 9.63. The van der Waals surface area contributed by atoms with Crippen molar-refractivity contribution in [1.82, 2.24) is 0 Å². The van der Waals surface area contributed by atoms with E-state index in [9.17, 15) is 5.11 Å². The van der Waals surface area contributed by atoms with Crippen LogP contribution in [-0.2, 0) is 6.42 Å². The number of aromatic hydroxyl groups is 1. The van der Waals surface area contributed by atoms with E-state index in [1.165, 1.54) is 0 Å². The largest absolute Gasteiger partial charge is 0.503 e. The van der Waals surface area contributed by atoms with Gasteiger partial charge in [-0.2, -0.15) is 12.6 Å². The van der Waals surface area contributed by atoms with E-state index in [0.717, 1.165) is 17.7 Å². The van der Waals surface area contributed by atoms with Gasteiger partial charge in [0.2, 0.25) is 0 Å². The van der Waals surface area contributed by atoms with Crippen LogP contribution in [0.4, 0.5) is 0 Å². The van der Waals surface area contributed by atoms with E-state index in [1.807, 2.05) is 19.1 Å². The molecule has 1 rings (SSSR count). The van der Waals surface area contributed by atoms with Crippen molar-refractivity contribution in [3.05, 3.63) is 22.2 Å². The highest BCUT2D eigenvalue weighted by Gasteiger charge is 2.08. The van der Waals surface area contributed by atoms with Gasteiger partial charge in [0.25, 0.3) is 0 Å². The van der Waals surface area contributed by atoms with Gasteiger partial charge >= 0.3 is 0 Å². The highest BCUT2D eigenvalue weighted by atomic mass is 79.9. The van der Waals surface area contributed by atoms with Gasteiger partial charge in [0, 0.05) is 0 Å². The molecule has 0 saturated carbocycles. The van der Waals surface area contributed by atoms with E-state index >= 15 is 0 Å². The number of thiol groups is 1. The zero-order chi connectivity index (χ0) is 10.6. The number of hydrogen-bond acceptors (Lipinski definition) is 3. The Labute approximate surface area is 97.8 Å². The van der Waals surface area contributed by atoms with Gasteiger partial charge in [0.05, 0.1) is 11.1 Å². The summed E-state index contributed by atoms with van der Waals surface area (Å²) in [5.74, 6) is 1.47. The molecule has 0 unspecified atom stereocenters. The molecule has 0 aromatic heterocycles. The normalized spacial score (nSPS) is 10.2. The minimum absolute atomic E-state index is 0.162. The van der Waals surface area contributed by atoms with Crippen molar-refractivity contribution < 1.29 is 9.84 Å². The van der Waals surface area contributed by atoms with Crippen LogP contribution in [0.2, 0.25) is 0 Å². The zero-order valence-corrected chi connectivity index (χ0v) is 10.4. The molecular weight excluding hydrogens is 264 g/mol. The lowest BCUT2D eigenvalue weighted by atomic mass is 10.1. The van der Waals surface area contributed by atoms with Crippen LogP contribution in [0.15, 0.2) is 16.6 Å². The lowest BCUT2D eigenvalue weighted by molar-refractivity contribution is 0.317. The highest BCUT2D eigenvalue weighted by Crippen LogP contribution is 2.35. The number of rotatable bonds is 4. The average molecular weight is 277 g/mol. The van der Waals surface area contributed by atoms with Crippen LogP contribution in [-0.4, -0.2) is 17.5 Å². The Balaban J connectivity index is 3.01. The third-order valence-electron chi connectivity index (χ3n) is 1.79. The third-order valence-corrected chi connectivity index (χ3v) is 2.62. The standard InChI is InChI=1S/C10H13BrO2S/c1-2-13-9-6-7(3-4-14)5-8(11)10(9)12/h5-6,12,14H,2-4H2,1H3. The van der Waals surface area contributed by atoms with E-state index in [2.05, 4.69) is 28.6 Å². The van der Waals surface area contributed by atoms with Crippen LogP contribution >= 0.6 is 28.6 Å². The summed E-state index contributed by atoms with van der Waals surface area (Å²) < 4.78 is 5.97. The molecule has 0 amide bonds. The van der Waals surface area contributed by atoms with E-state index in [1.54, 1.807) is 0 Å². The van der Waals surface area contributed by atoms with Crippen molar-refractivity contribution in [2.24, 2.45) is 0 Å². The summed E-state index contributed by atoms with van der Waals surface area (Å²) in [5.41, 5.74) is 1.10. The van der Waals surface area contributed by atoms with Crippen molar-refractivity contribution >= 4 is 28.6 Å². The molecule has 1 N–H and O–H groups in total. The molecule has 0 saturated heterocycles. The Bertz CT molecular complexity index is 315. The molecule has 0 heterocycles. The molecule has 1 aromatic carbocycles. The molecule has 78 valence electrons. The van der Waals surface area contributed by atoms with E-state index in [0.29, 0.717) is 16.8 Å². The second-order valence-corrected chi connectivity index (χ2v) is 4.13. The summed E-state index contributed by atoms with van der Waals surface area (Å²) in [6, 6.07) is 3.73. The van der Waals surface area contributed by atoms with Crippen LogP contribution in [0, 0.1) is 0 Å². The van der Waals surface area contributed by atoms with Gasteiger partial charge in [0.1, 0.15) is 0 Å². The lowest BCUT2D eigenvalue weighted by Gasteiger charge is -2.09. The van der Waals surface area contributed by atoms with Gasteiger partial charge in [-0.3, -0.25) is 0 Å². The van der Waals surface area contributed by atoms with E-state index < -0.39 is 0 Å². The molecule has 0 aliphatic rings. The fourth-order valence-electron chi connectivity index (χ4n) is 1.17. The highest BCUT2D eigenvalue weighted by molar-refractivity contribution is 9.10. The summed E-state index contributed by atoms with van der Waals surface area (Å²) in [6.07, 6.45) is 0.863. The predicted molar refractivity (Wildman–Crippen MR) is 64.5 cm³/mol. The second-order valence-electron chi connectivity index (χ2n) is 2.83. The molecule has 0 radical (unpaired) electrons. The molecule has 1 aromatic rings. The smallest absolute Gasteiger partial charge is 0.172 e. The van der Waals surface area contributed by atoms with Gasteiger partial charge in [-0.05, 0) is 52.7 Å². The molecular formula is C10H13BrO2S. The Kier molecular flexibility index (Phi) is 4.62. The first-order chi connectivity index (χ1) is 6.69. The van der Waals surface area contributed by atoms with Crippen LogP contribution in [0.5, 0.6) is 11.5 Å². The minimum atomic E-state index is 0.162. The van der Waals surface area contributed by atoms with Crippen LogP contribution < -0.4 is 4.74 Å². The quantitative estimate of drug-likeness (QED) is 0.828. The maximum Gasteiger partial charge on any atom is 0.172 e. The van der Waals surface area contributed by atoms with Crippen molar-refractivity contribution in [3.63, 3.8) is 0 Å². The van der Waals surface area contributed by atoms with Gasteiger partial charge in [-0.25, -0.2) is 0 Å². The zero-order valence-electron chi connectivity index (χ0n) is 7.96. The first-order valence-electron chi connectivity index (χ1n) is 4.44. The monoisotopic (exact) mass is 276 g/mol. The van der Waals surface area contributed by atoms with Gasteiger partial charge in [0.15, 0.2) is 11.5 Å². The molecule has 0 aliphatic heterocycles. The molecule has 0 atom stereocenters. The van der Waals surface area contributed by atoms with E-state index in [-0.39, 0.29) is 5.75 Å². The molecule has 2 nitrogen and oxygen atoms in total. The lowest BCUT2D eigenvalue weighted by Crippen LogP contribution is -1.95. The number of halogens is 1. The van der Waals surface area contributed by atoms with Gasteiger partial charge < -0.3 is 9.84 Å². The number of ether oxygens (including phenoxy) is 1. The van der Waals surface area contributed by atoms with Crippen LogP contribution in [0.1, 0.15) is 12.5 Å². The molecule has 0 spiro atoms. The summed E-state index contributed by atoms with van der Waals surface area (Å²) >= 11 is 7.44. The maximum atomic E-state index is 9.63. The van der Waals surface area contributed by atoms with Crippen molar-refractivity contribution in [1.29, 1.82) is 0 Å². The van der Waals surface area contributed by atoms with Crippen molar-refractivity contribution in [3.8, 4) is 11.5 Å². The fraction of sp³-hybridized carbons (Fsp3) is 0.400. The second kappa shape index (κ2) is 5.51. The van der Waals surface area contributed by atoms with Crippen LogP contribution in [0.3, 0.4) is 0 Å². The summed E-state index contributed by atoms with van der Waals surface area (Å²) in [7, 11) is 0. The number of hydrogen-bond donors (Lipinski definition) is 2. The Hall–Kier alpha value is -0.350. The Morgan fingerprint density at radius 1 is 1.50 bits per heavy atom. The predicted octanol–water partition coefficient (Wildman–Crippen LogP) is 3.03. The van der Waals surface area contributed by atoms with Crippen LogP contribution in [0.25, 0.3) is 0 Å². The number of phenols is 1. The van der Waals surface area contributed by atoms with Gasteiger partial charge in [-0.1, -0.05) is 0 Å². The number of phenolic OH excluding ortho intramolecular Hbond substituents is 1. The minimum Gasteiger partial charge on any atom is -0.503 e. The summed E-state index contributed by atoms with van der Waals surface area (Å²) in [6.45, 7) is 2.43. The average Bonchev–Trinajstić information content (AvgIpc) is 2.14. The summed E-state index contributed by atoms with van der Waals surface area (Å²) in [4.78, 5) is 0. The molecule has 14 heavy (non-hydrogen) atoms. The molecule has 4 heteroatoms. The Morgan fingerprint density at radius 3 is 2.79 bits per heavy atom. The Morgan fingerprint density at radius 2 is 2.21 bits per heavy atom. The van der Waals surface area contributed by atoms with Crippen molar-refractivity contribution in [2.45, 2.75) is 13.3 Å². The number of aryl methyl sites for hydroxylation is 1.